The molecule has 1 fully saturated rings. The second kappa shape index (κ2) is 7.57. The van der Waals surface area contributed by atoms with Crippen LogP contribution >= 0.6 is 0 Å². The Kier molecular flexibility index (Phi) is 5.25. The molecule has 24 heavy (non-hydrogen) atoms. The fourth-order valence-corrected chi connectivity index (χ4v) is 3.09. The third-order valence-electron chi connectivity index (χ3n) is 4.64. The zero-order chi connectivity index (χ0) is 16.9. The molecule has 0 aromatic carbocycles. The smallest absolute Gasteiger partial charge is 0.227 e. The van der Waals surface area contributed by atoms with E-state index in [1.54, 1.807) is 0 Å². The number of rotatable bonds is 6. The second-order valence-corrected chi connectivity index (χ2v) is 6.57. The van der Waals surface area contributed by atoms with E-state index in [2.05, 4.69) is 37.9 Å². The summed E-state index contributed by atoms with van der Waals surface area (Å²) in [6.07, 6.45) is 7.83. The van der Waals surface area contributed by atoms with E-state index in [9.17, 15) is 0 Å². The van der Waals surface area contributed by atoms with Crippen LogP contribution in [0.15, 0.2) is 36.8 Å². The lowest BCUT2D eigenvalue weighted by Crippen LogP contribution is -2.36. The molecule has 128 valence electrons. The first-order chi connectivity index (χ1) is 11.6. The van der Waals surface area contributed by atoms with Crippen LogP contribution in [0, 0.1) is 0 Å². The number of pyridine rings is 1. The van der Waals surface area contributed by atoms with Gasteiger partial charge in [0.1, 0.15) is 5.82 Å². The van der Waals surface area contributed by atoms with Gasteiger partial charge in [0.25, 0.3) is 0 Å². The van der Waals surface area contributed by atoms with E-state index in [1.807, 2.05) is 49.7 Å². The van der Waals surface area contributed by atoms with Crippen molar-refractivity contribution < 1.29 is 0 Å². The Morgan fingerprint density at radius 3 is 2.83 bits per heavy atom. The Hall–Kier alpha value is -2.21. The molecule has 1 unspecified atom stereocenters. The highest BCUT2D eigenvalue weighted by molar-refractivity contribution is 5.42. The number of hydrogen-bond acceptors (Lipinski definition) is 6. The Morgan fingerprint density at radius 2 is 2.08 bits per heavy atom. The van der Waals surface area contributed by atoms with Crippen LogP contribution in [0.5, 0.6) is 0 Å². The molecule has 0 N–H and O–H groups in total. The maximum absolute atomic E-state index is 4.65. The summed E-state index contributed by atoms with van der Waals surface area (Å²) in [6.45, 7) is 3.27. The molecule has 1 aliphatic rings. The van der Waals surface area contributed by atoms with Crippen molar-refractivity contribution in [1.29, 1.82) is 0 Å². The third kappa shape index (κ3) is 4.00. The molecule has 6 heteroatoms. The number of likely N-dealkylation sites (N-methyl/N-ethyl adjacent to an activating group) is 1. The zero-order valence-corrected chi connectivity index (χ0v) is 14.8. The standard InChI is InChI=1S/C18H26N6/c1-22(2)17-6-10-20-18(21-17)23(3)16-8-12-24(14-16)11-7-15-5-4-9-19-13-15/h4-6,9-10,13,16H,7-8,11-12,14H2,1-3H3. The summed E-state index contributed by atoms with van der Waals surface area (Å²) in [6, 6.07) is 6.56. The zero-order valence-electron chi connectivity index (χ0n) is 14.8. The molecule has 0 radical (unpaired) electrons. The van der Waals surface area contributed by atoms with E-state index >= 15 is 0 Å². The monoisotopic (exact) mass is 326 g/mol. The minimum Gasteiger partial charge on any atom is -0.363 e. The van der Waals surface area contributed by atoms with Crippen LogP contribution in [0.25, 0.3) is 0 Å². The summed E-state index contributed by atoms with van der Waals surface area (Å²) in [5, 5.41) is 0. The highest BCUT2D eigenvalue weighted by Crippen LogP contribution is 2.20. The van der Waals surface area contributed by atoms with Gasteiger partial charge in [0.2, 0.25) is 5.95 Å². The summed E-state index contributed by atoms with van der Waals surface area (Å²) >= 11 is 0. The molecular formula is C18H26N6. The first-order valence-electron chi connectivity index (χ1n) is 8.48. The molecule has 2 aromatic rings. The fourth-order valence-electron chi connectivity index (χ4n) is 3.09. The normalized spacial score (nSPS) is 17.9. The van der Waals surface area contributed by atoms with Gasteiger partial charge in [-0.1, -0.05) is 6.07 Å². The Morgan fingerprint density at radius 1 is 1.21 bits per heavy atom. The Balaban J connectivity index is 1.56. The number of hydrogen-bond donors (Lipinski definition) is 0. The molecule has 1 atom stereocenters. The molecule has 3 rings (SSSR count). The van der Waals surface area contributed by atoms with Gasteiger partial charge in [-0.2, -0.15) is 4.98 Å². The van der Waals surface area contributed by atoms with Gasteiger partial charge in [-0.25, -0.2) is 4.98 Å². The Labute approximate surface area is 144 Å². The van der Waals surface area contributed by atoms with E-state index < -0.39 is 0 Å². The highest BCUT2D eigenvalue weighted by Gasteiger charge is 2.27. The summed E-state index contributed by atoms with van der Waals surface area (Å²) in [4.78, 5) is 20.0. The minimum atomic E-state index is 0.469. The third-order valence-corrected chi connectivity index (χ3v) is 4.64. The van der Waals surface area contributed by atoms with Gasteiger partial charge in [0, 0.05) is 65.4 Å². The lowest BCUT2D eigenvalue weighted by Gasteiger charge is -2.25. The summed E-state index contributed by atoms with van der Waals surface area (Å²) in [7, 11) is 6.10. The largest absolute Gasteiger partial charge is 0.363 e. The van der Waals surface area contributed by atoms with Crippen LogP contribution in [0.4, 0.5) is 11.8 Å². The molecule has 0 saturated carbocycles. The van der Waals surface area contributed by atoms with Crippen molar-refractivity contribution in [3.05, 3.63) is 42.4 Å². The maximum Gasteiger partial charge on any atom is 0.227 e. The lowest BCUT2D eigenvalue weighted by atomic mass is 10.2. The predicted molar refractivity (Wildman–Crippen MR) is 97.5 cm³/mol. The summed E-state index contributed by atoms with van der Waals surface area (Å²) in [5.41, 5.74) is 1.30. The molecule has 0 aliphatic carbocycles. The van der Waals surface area contributed by atoms with Gasteiger partial charge in [-0.05, 0) is 30.5 Å². The van der Waals surface area contributed by atoms with Crippen molar-refractivity contribution in [2.24, 2.45) is 0 Å². The maximum atomic E-state index is 4.65. The summed E-state index contributed by atoms with van der Waals surface area (Å²) in [5.74, 6) is 1.75. The number of nitrogens with zero attached hydrogens (tertiary/aromatic N) is 6. The van der Waals surface area contributed by atoms with Gasteiger partial charge in [-0.15, -0.1) is 0 Å². The molecular weight excluding hydrogens is 300 g/mol. The predicted octanol–water partition coefficient (Wildman–Crippen LogP) is 1.69. The summed E-state index contributed by atoms with van der Waals surface area (Å²) < 4.78 is 0. The van der Waals surface area contributed by atoms with E-state index in [-0.39, 0.29) is 0 Å². The van der Waals surface area contributed by atoms with E-state index in [4.69, 9.17) is 0 Å². The van der Waals surface area contributed by atoms with E-state index in [1.165, 1.54) is 5.56 Å². The SMILES string of the molecule is CN(C)c1ccnc(N(C)C2CCN(CCc3cccnc3)C2)n1. The first kappa shape index (κ1) is 16.6. The van der Waals surface area contributed by atoms with Crippen molar-refractivity contribution in [3.8, 4) is 0 Å². The quantitative estimate of drug-likeness (QED) is 0.805. The van der Waals surface area contributed by atoms with Gasteiger partial charge in [0.15, 0.2) is 0 Å². The molecule has 1 aliphatic heterocycles. The van der Waals surface area contributed by atoms with Crippen LogP contribution in [0.3, 0.4) is 0 Å². The van der Waals surface area contributed by atoms with Crippen LogP contribution in [-0.2, 0) is 6.42 Å². The van der Waals surface area contributed by atoms with Crippen molar-refractivity contribution >= 4 is 11.8 Å². The number of anilines is 2. The van der Waals surface area contributed by atoms with Crippen LogP contribution in [0.2, 0.25) is 0 Å². The average Bonchev–Trinajstić information content (AvgIpc) is 3.09. The van der Waals surface area contributed by atoms with Gasteiger partial charge in [-0.3, -0.25) is 4.98 Å². The topological polar surface area (TPSA) is 48.4 Å². The van der Waals surface area contributed by atoms with Crippen molar-refractivity contribution in [2.45, 2.75) is 18.9 Å². The highest BCUT2D eigenvalue weighted by atomic mass is 15.3. The molecule has 2 aromatic heterocycles. The fraction of sp³-hybridized carbons (Fsp3) is 0.500. The Bertz CT molecular complexity index is 645. The minimum absolute atomic E-state index is 0.469. The second-order valence-electron chi connectivity index (χ2n) is 6.57. The van der Waals surface area contributed by atoms with Gasteiger partial charge in [0.05, 0.1) is 0 Å². The van der Waals surface area contributed by atoms with Crippen LogP contribution in [-0.4, -0.2) is 66.7 Å². The van der Waals surface area contributed by atoms with Crippen molar-refractivity contribution in [1.82, 2.24) is 19.9 Å². The molecule has 0 amide bonds. The number of aromatic nitrogens is 3. The van der Waals surface area contributed by atoms with Crippen LogP contribution < -0.4 is 9.80 Å². The van der Waals surface area contributed by atoms with Crippen molar-refractivity contribution in [2.75, 3.05) is 50.6 Å². The lowest BCUT2D eigenvalue weighted by molar-refractivity contribution is 0.337. The number of likely N-dealkylation sites (tertiary alicyclic amines) is 1. The van der Waals surface area contributed by atoms with E-state index in [0.717, 1.165) is 44.2 Å². The van der Waals surface area contributed by atoms with Gasteiger partial charge < -0.3 is 14.7 Å². The molecule has 6 nitrogen and oxygen atoms in total. The van der Waals surface area contributed by atoms with Gasteiger partial charge >= 0.3 is 0 Å². The first-order valence-corrected chi connectivity index (χ1v) is 8.48. The molecule has 0 bridgehead atoms. The molecule has 1 saturated heterocycles. The van der Waals surface area contributed by atoms with Crippen molar-refractivity contribution in [3.63, 3.8) is 0 Å². The van der Waals surface area contributed by atoms with Crippen LogP contribution in [0.1, 0.15) is 12.0 Å². The van der Waals surface area contributed by atoms with E-state index in [0.29, 0.717) is 6.04 Å². The molecule has 3 heterocycles. The average molecular weight is 326 g/mol. The molecule has 0 spiro atoms.